The molecule has 0 saturated heterocycles. The van der Waals surface area contributed by atoms with Gasteiger partial charge in [-0.05, 0) is 26.0 Å². The monoisotopic (exact) mass is 181 g/mol. The summed E-state index contributed by atoms with van der Waals surface area (Å²) in [6.45, 7) is 4.52. The van der Waals surface area contributed by atoms with Gasteiger partial charge in [0.05, 0.1) is 12.2 Å². The number of nitrogens with one attached hydrogen (secondary N) is 1. The average molecular weight is 181 g/mol. The molecule has 0 aromatic carbocycles. The van der Waals surface area contributed by atoms with E-state index in [1.165, 1.54) is 0 Å². The van der Waals surface area contributed by atoms with Gasteiger partial charge in [0.15, 0.2) is 5.78 Å². The Hall–Kier alpha value is -1.25. The van der Waals surface area contributed by atoms with Gasteiger partial charge in [0.2, 0.25) is 0 Å². The van der Waals surface area contributed by atoms with Crippen molar-refractivity contribution in [3.8, 4) is 0 Å². The largest absolute Gasteiger partial charge is 0.500 e. The van der Waals surface area contributed by atoms with Crippen molar-refractivity contribution in [1.82, 2.24) is 5.32 Å². The van der Waals surface area contributed by atoms with Crippen LogP contribution < -0.4 is 5.32 Å². The highest BCUT2D eigenvalue weighted by Gasteiger charge is 2.16. The van der Waals surface area contributed by atoms with Crippen LogP contribution in [0.1, 0.15) is 13.8 Å². The number of ketones is 1. The van der Waals surface area contributed by atoms with Gasteiger partial charge in [-0.25, -0.2) is 0 Å². The third-order valence-electron chi connectivity index (χ3n) is 1.73. The van der Waals surface area contributed by atoms with Gasteiger partial charge >= 0.3 is 0 Å². The van der Waals surface area contributed by atoms with E-state index in [0.717, 1.165) is 0 Å². The predicted octanol–water partition coefficient (Wildman–Crippen LogP) is 1.23. The first kappa shape index (κ1) is 9.84. The Bertz CT molecular complexity index is 231. The van der Waals surface area contributed by atoms with Crippen LogP contribution in [0, 0.1) is 5.92 Å². The zero-order valence-corrected chi connectivity index (χ0v) is 7.99. The quantitative estimate of drug-likeness (QED) is 0.663. The molecule has 0 aliphatic carbocycles. The van der Waals surface area contributed by atoms with E-state index in [0.29, 0.717) is 12.6 Å². The van der Waals surface area contributed by atoms with E-state index >= 15 is 0 Å². The molecule has 1 aliphatic rings. The lowest BCUT2D eigenvalue weighted by atomic mass is 10.1. The summed E-state index contributed by atoms with van der Waals surface area (Å²) in [6.07, 6.45) is 6.61. The minimum atomic E-state index is -0.0924. The van der Waals surface area contributed by atoms with Crippen molar-refractivity contribution in [3.05, 3.63) is 24.6 Å². The molecular formula is C10H15NO2. The Kier molecular flexibility index (Phi) is 3.55. The van der Waals surface area contributed by atoms with E-state index < -0.39 is 0 Å². The molecule has 3 nitrogen and oxygen atoms in total. The first-order chi connectivity index (χ1) is 6.20. The summed E-state index contributed by atoms with van der Waals surface area (Å²) in [4.78, 5) is 11.4. The van der Waals surface area contributed by atoms with Crippen LogP contribution in [0.5, 0.6) is 0 Å². The summed E-state index contributed by atoms with van der Waals surface area (Å²) in [7, 11) is 0. The van der Waals surface area contributed by atoms with Crippen LogP contribution in [0.4, 0.5) is 0 Å². The number of allylic oxidation sites excluding steroid dienone is 1. The molecule has 1 rings (SSSR count). The van der Waals surface area contributed by atoms with E-state index in [2.05, 4.69) is 5.32 Å². The third kappa shape index (κ3) is 3.32. The molecule has 1 aliphatic heterocycles. The molecule has 0 aromatic heterocycles. The molecule has 72 valence electrons. The fraction of sp³-hybridized carbons (Fsp3) is 0.500. The van der Waals surface area contributed by atoms with E-state index in [1.54, 1.807) is 24.6 Å². The summed E-state index contributed by atoms with van der Waals surface area (Å²) in [5.41, 5.74) is 0. The second-order valence-electron chi connectivity index (χ2n) is 3.33. The molecule has 0 radical (unpaired) electrons. The third-order valence-corrected chi connectivity index (χ3v) is 1.73. The second-order valence-corrected chi connectivity index (χ2v) is 3.33. The highest BCUT2D eigenvalue weighted by molar-refractivity contribution is 5.93. The average Bonchev–Trinajstić information content (AvgIpc) is 2.55. The molecule has 0 spiro atoms. The van der Waals surface area contributed by atoms with Crippen molar-refractivity contribution in [2.45, 2.75) is 19.9 Å². The highest BCUT2D eigenvalue weighted by atomic mass is 16.5. The van der Waals surface area contributed by atoms with Crippen LogP contribution in [0.15, 0.2) is 24.6 Å². The smallest absolute Gasteiger partial charge is 0.167 e. The maximum Gasteiger partial charge on any atom is 0.167 e. The van der Waals surface area contributed by atoms with E-state index in [4.69, 9.17) is 4.74 Å². The van der Waals surface area contributed by atoms with E-state index in [-0.39, 0.29) is 11.7 Å². The lowest BCUT2D eigenvalue weighted by Crippen LogP contribution is -2.17. The molecule has 1 atom stereocenters. The number of ether oxygens (including phenoxy) is 1. The van der Waals surface area contributed by atoms with Gasteiger partial charge in [-0.15, -0.1) is 0 Å². The normalized spacial score (nSPS) is 21.0. The van der Waals surface area contributed by atoms with Gasteiger partial charge in [-0.3, -0.25) is 4.79 Å². The van der Waals surface area contributed by atoms with Crippen molar-refractivity contribution >= 4 is 5.78 Å². The Morgan fingerprint density at radius 1 is 1.69 bits per heavy atom. The fourth-order valence-corrected chi connectivity index (χ4v) is 0.988. The maximum absolute atomic E-state index is 11.4. The van der Waals surface area contributed by atoms with Crippen LogP contribution in [-0.4, -0.2) is 18.4 Å². The van der Waals surface area contributed by atoms with Crippen LogP contribution in [-0.2, 0) is 9.53 Å². The highest BCUT2D eigenvalue weighted by Crippen LogP contribution is 2.09. The standard InChI is InChI=1S/C10H15NO2/c1-8(2)11-5-3-10(12)9-4-6-13-7-9/h3-6,8-9,11H,7H2,1-2H3/b5-3-. The molecule has 0 aromatic rings. The van der Waals surface area contributed by atoms with E-state index in [9.17, 15) is 4.79 Å². The number of hydrogen-bond acceptors (Lipinski definition) is 3. The summed E-state index contributed by atoms with van der Waals surface area (Å²) in [6, 6.07) is 0.361. The number of rotatable bonds is 4. The Morgan fingerprint density at radius 3 is 3.00 bits per heavy atom. The molecule has 1 heterocycles. The summed E-state index contributed by atoms with van der Waals surface area (Å²) >= 11 is 0. The Balaban J connectivity index is 2.31. The Labute approximate surface area is 78.5 Å². The van der Waals surface area contributed by atoms with Crippen LogP contribution >= 0.6 is 0 Å². The topological polar surface area (TPSA) is 38.3 Å². The zero-order valence-electron chi connectivity index (χ0n) is 7.99. The molecular weight excluding hydrogens is 166 g/mol. The number of carbonyl (C=O) groups is 1. The Morgan fingerprint density at radius 2 is 2.46 bits per heavy atom. The lowest BCUT2D eigenvalue weighted by molar-refractivity contribution is -0.117. The van der Waals surface area contributed by atoms with Gasteiger partial charge in [0.25, 0.3) is 0 Å². The predicted molar refractivity (Wildman–Crippen MR) is 51.0 cm³/mol. The van der Waals surface area contributed by atoms with E-state index in [1.807, 2.05) is 13.8 Å². The van der Waals surface area contributed by atoms with Crippen molar-refractivity contribution in [2.75, 3.05) is 6.61 Å². The molecule has 0 saturated carbocycles. The van der Waals surface area contributed by atoms with Gasteiger partial charge in [0.1, 0.15) is 6.61 Å². The maximum atomic E-state index is 11.4. The summed E-state index contributed by atoms with van der Waals surface area (Å²) < 4.78 is 4.95. The molecule has 1 unspecified atom stereocenters. The van der Waals surface area contributed by atoms with Crippen molar-refractivity contribution in [1.29, 1.82) is 0 Å². The number of carbonyl (C=O) groups excluding carboxylic acids is 1. The molecule has 0 fully saturated rings. The van der Waals surface area contributed by atoms with Gasteiger partial charge in [-0.1, -0.05) is 0 Å². The van der Waals surface area contributed by atoms with Crippen molar-refractivity contribution in [2.24, 2.45) is 5.92 Å². The minimum Gasteiger partial charge on any atom is -0.500 e. The molecule has 0 bridgehead atoms. The van der Waals surface area contributed by atoms with Gasteiger partial charge in [0, 0.05) is 12.2 Å². The number of hydrogen-bond donors (Lipinski definition) is 1. The lowest BCUT2D eigenvalue weighted by Gasteiger charge is -2.03. The first-order valence-corrected chi connectivity index (χ1v) is 4.45. The second kappa shape index (κ2) is 4.70. The summed E-state index contributed by atoms with van der Waals surface area (Å²) in [5.74, 6) is -0.00730. The van der Waals surface area contributed by atoms with Crippen LogP contribution in [0.25, 0.3) is 0 Å². The molecule has 0 amide bonds. The van der Waals surface area contributed by atoms with Gasteiger partial charge in [-0.2, -0.15) is 0 Å². The van der Waals surface area contributed by atoms with Crippen molar-refractivity contribution in [3.63, 3.8) is 0 Å². The van der Waals surface area contributed by atoms with Crippen molar-refractivity contribution < 1.29 is 9.53 Å². The van der Waals surface area contributed by atoms with Crippen LogP contribution in [0.3, 0.4) is 0 Å². The minimum absolute atomic E-state index is 0.0851. The molecule has 13 heavy (non-hydrogen) atoms. The fourth-order valence-electron chi connectivity index (χ4n) is 0.988. The van der Waals surface area contributed by atoms with Gasteiger partial charge < -0.3 is 10.1 Å². The molecule has 3 heteroatoms. The summed E-state index contributed by atoms with van der Waals surface area (Å²) in [5, 5.41) is 3.03. The SMILES string of the molecule is CC(C)N/C=C\C(=O)C1C=COC1. The molecule has 1 N–H and O–H groups in total. The zero-order chi connectivity index (χ0) is 9.68. The first-order valence-electron chi connectivity index (χ1n) is 4.45. The van der Waals surface area contributed by atoms with Crippen LogP contribution in [0.2, 0.25) is 0 Å².